The highest BCUT2D eigenvalue weighted by atomic mass is 16.4. The fourth-order valence-corrected chi connectivity index (χ4v) is 2.26. The predicted octanol–water partition coefficient (Wildman–Crippen LogP) is 0.939. The maximum atomic E-state index is 5.57. The number of nitrogens with zero attached hydrogens (tertiary/aromatic N) is 3. The zero-order valence-corrected chi connectivity index (χ0v) is 9.85. The lowest BCUT2D eigenvalue weighted by Crippen LogP contribution is -2.33. The van der Waals surface area contributed by atoms with Gasteiger partial charge in [-0.05, 0) is 44.8 Å². The van der Waals surface area contributed by atoms with Gasteiger partial charge in [0.25, 0.3) is 0 Å². The van der Waals surface area contributed by atoms with E-state index in [1.807, 2.05) is 6.92 Å². The third-order valence-electron chi connectivity index (χ3n) is 3.21. The van der Waals surface area contributed by atoms with E-state index in [0.29, 0.717) is 5.89 Å². The third-order valence-corrected chi connectivity index (χ3v) is 3.21. The van der Waals surface area contributed by atoms with Crippen LogP contribution in [0, 0.1) is 12.8 Å². The Bertz CT molecular complexity index is 318. The summed E-state index contributed by atoms with van der Waals surface area (Å²) in [6, 6.07) is 0. The van der Waals surface area contributed by atoms with Crippen LogP contribution in [0.15, 0.2) is 4.42 Å². The molecular weight excluding hydrogens is 204 g/mol. The summed E-state index contributed by atoms with van der Waals surface area (Å²) < 4.78 is 5.38. The first-order valence-electron chi connectivity index (χ1n) is 5.99. The van der Waals surface area contributed by atoms with E-state index in [1.54, 1.807) is 0 Å². The molecule has 2 heterocycles. The zero-order valence-electron chi connectivity index (χ0n) is 9.85. The number of hydrogen-bond acceptors (Lipinski definition) is 5. The number of piperidine rings is 1. The number of aromatic nitrogens is 2. The Morgan fingerprint density at radius 3 is 2.69 bits per heavy atom. The molecule has 16 heavy (non-hydrogen) atoms. The maximum Gasteiger partial charge on any atom is 0.230 e. The van der Waals surface area contributed by atoms with Gasteiger partial charge in [-0.1, -0.05) is 0 Å². The molecule has 90 valence electrons. The van der Waals surface area contributed by atoms with Crippen LogP contribution >= 0.6 is 0 Å². The molecule has 0 bridgehead atoms. The van der Waals surface area contributed by atoms with Crippen molar-refractivity contribution in [2.24, 2.45) is 11.7 Å². The van der Waals surface area contributed by atoms with Gasteiger partial charge in [0.05, 0.1) is 6.54 Å². The molecule has 0 radical (unpaired) electrons. The number of aryl methyl sites for hydroxylation is 1. The van der Waals surface area contributed by atoms with Crippen LogP contribution in [0.5, 0.6) is 0 Å². The highest BCUT2D eigenvalue weighted by molar-refractivity contribution is 4.81. The number of hydrogen-bond donors (Lipinski definition) is 1. The van der Waals surface area contributed by atoms with Gasteiger partial charge in [-0.2, -0.15) is 0 Å². The van der Waals surface area contributed by atoms with E-state index in [9.17, 15) is 0 Å². The molecule has 0 spiro atoms. The van der Waals surface area contributed by atoms with Gasteiger partial charge >= 0.3 is 0 Å². The summed E-state index contributed by atoms with van der Waals surface area (Å²) in [6.45, 7) is 5.66. The van der Waals surface area contributed by atoms with Crippen molar-refractivity contribution in [3.63, 3.8) is 0 Å². The first-order chi connectivity index (χ1) is 7.78. The number of likely N-dealkylation sites (tertiary alicyclic amines) is 1. The van der Waals surface area contributed by atoms with Crippen molar-refractivity contribution in [2.45, 2.75) is 32.7 Å². The Morgan fingerprint density at radius 1 is 1.38 bits per heavy atom. The van der Waals surface area contributed by atoms with Crippen LogP contribution in [0.3, 0.4) is 0 Å². The molecule has 5 nitrogen and oxygen atoms in total. The lowest BCUT2D eigenvalue weighted by Gasteiger charge is -2.30. The lowest BCUT2D eigenvalue weighted by molar-refractivity contribution is 0.160. The summed E-state index contributed by atoms with van der Waals surface area (Å²) in [6.07, 6.45) is 3.64. The topological polar surface area (TPSA) is 68.2 Å². The normalized spacial score (nSPS) is 19.1. The van der Waals surface area contributed by atoms with Crippen LogP contribution in [0.4, 0.5) is 0 Å². The Kier molecular flexibility index (Phi) is 3.90. The van der Waals surface area contributed by atoms with E-state index >= 15 is 0 Å². The molecule has 0 aliphatic carbocycles. The predicted molar refractivity (Wildman–Crippen MR) is 60.7 cm³/mol. The van der Waals surface area contributed by atoms with E-state index in [4.69, 9.17) is 10.2 Å². The van der Waals surface area contributed by atoms with Crippen molar-refractivity contribution < 1.29 is 4.42 Å². The SMILES string of the molecule is Cc1nnc(CN2CCC(CCN)CC2)o1. The highest BCUT2D eigenvalue weighted by Gasteiger charge is 2.19. The van der Waals surface area contributed by atoms with Gasteiger partial charge in [-0.25, -0.2) is 0 Å². The van der Waals surface area contributed by atoms with Crippen molar-refractivity contribution in [3.05, 3.63) is 11.8 Å². The Balaban J connectivity index is 1.77. The minimum absolute atomic E-state index is 0.646. The summed E-state index contributed by atoms with van der Waals surface area (Å²) in [5.74, 6) is 2.19. The average molecular weight is 224 g/mol. The summed E-state index contributed by atoms with van der Waals surface area (Å²) >= 11 is 0. The minimum Gasteiger partial charge on any atom is -0.424 e. The Morgan fingerprint density at radius 2 is 2.12 bits per heavy atom. The fourth-order valence-electron chi connectivity index (χ4n) is 2.26. The summed E-state index contributed by atoms with van der Waals surface area (Å²) in [5, 5.41) is 7.85. The summed E-state index contributed by atoms with van der Waals surface area (Å²) in [4.78, 5) is 2.37. The first-order valence-corrected chi connectivity index (χ1v) is 5.99. The van der Waals surface area contributed by atoms with E-state index in [-0.39, 0.29) is 0 Å². The van der Waals surface area contributed by atoms with Crippen molar-refractivity contribution in [1.29, 1.82) is 0 Å². The summed E-state index contributed by atoms with van der Waals surface area (Å²) in [7, 11) is 0. The standard InChI is InChI=1S/C11H20N4O/c1-9-13-14-11(16-9)8-15-6-3-10(2-5-12)4-7-15/h10H,2-8,12H2,1H3. The Hall–Kier alpha value is -0.940. The lowest BCUT2D eigenvalue weighted by atomic mass is 9.94. The molecule has 0 unspecified atom stereocenters. The van der Waals surface area contributed by atoms with Gasteiger partial charge in [-0.15, -0.1) is 10.2 Å². The molecule has 1 aromatic rings. The largest absolute Gasteiger partial charge is 0.424 e. The zero-order chi connectivity index (χ0) is 11.4. The van der Waals surface area contributed by atoms with Crippen LogP contribution < -0.4 is 5.73 Å². The van der Waals surface area contributed by atoms with Crippen molar-refractivity contribution in [2.75, 3.05) is 19.6 Å². The average Bonchev–Trinajstić information content (AvgIpc) is 2.67. The van der Waals surface area contributed by atoms with Crippen LogP contribution in [-0.4, -0.2) is 34.7 Å². The van der Waals surface area contributed by atoms with E-state index in [0.717, 1.165) is 44.4 Å². The molecule has 5 heteroatoms. The van der Waals surface area contributed by atoms with Gasteiger partial charge in [0.2, 0.25) is 11.8 Å². The van der Waals surface area contributed by atoms with E-state index in [2.05, 4.69) is 15.1 Å². The second kappa shape index (κ2) is 5.41. The molecule has 1 saturated heterocycles. The molecule has 0 atom stereocenters. The molecule has 1 aliphatic rings. The van der Waals surface area contributed by atoms with Crippen molar-refractivity contribution in [1.82, 2.24) is 15.1 Å². The fraction of sp³-hybridized carbons (Fsp3) is 0.818. The Labute approximate surface area is 96.0 Å². The van der Waals surface area contributed by atoms with Crippen LogP contribution in [0.1, 0.15) is 31.0 Å². The maximum absolute atomic E-state index is 5.57. The molecule has 1 aromatic heterocycles. The molecule has 1 aliphatic heterocycles. The molecule has 2 rings (SSSR count). The van der Waals surface area contributed by atoms with Crippen LogP contribution in [-0.2, 0) is 6.54 Å². The quantitative estimate of drug-likeness (QED) is 0.824. The van der Waals surface area contributed by atoms with Gasteiger partial charge in [0.1, 0.15) is 0 Å². The second-order valence-electron chi connectivity index (χ2n) is 4.51. The molecule has 0 saturated carbocycles. The second-order valence-corrected chi connectivity index (χ2v) is 4.51. The molecule has 2 N–H and O–H groups in total. The van der Waals surface area contributed by atoms with Gasteiger partial charge in [-0.3, -0.25) is 4.90 Å². The van der Waals surface area contributed by atoms with Gasteiger partial charge in [0, 0.05) is 6.92 Å². The molecule has 0 aromatic carbocycles. The van der Waals surface area contributed by atoms with Crippen LogP contribution in [0.2, 0.25) is 0 Å². The highest BCUT2D eigenvalue weighted by Crippen LogP contribution is 2.20. The minimum atomic E-state index is 0.646. The molecule has 1 fully saturated rings. The first kappa shape index (κ1) is 11.5. The monoisotopic (exact) mass is 224 g/mol. The van der Waals surface area contributed by atoms with E-state index in [1.165, 1.54) is 12.8 Å². The van der Waals surface area contributed by atoms with Gasteiger partial charge < -0.3 is 10.2 Å². The molecular formula is C11H20N4O. The summed E-state index contributed by atoms with van der Waals surface area (Å²) in [5.41, 5.74) is 5.57. The number of nitrogens with two attached hydrogens (primary N) is 1. The van der Waals surface area contributed by atoms with E-state index < -0.39 is 0 Å². The smallest absolute Gasteiger partial charge is 0.230 e. The third kappa shape index (κ3) is 3.02. The van der Waals surface area contributed by atoms with Crippen molar-refractivity contribution in [3.8, 4) is 0 Å². The van der Waals surface area contributed by atoms with Crippen LogP contribution in [0.25, 0.3) is 0 Å². The van der Waals surface area contributed by atoms with Crippen molar-refractivity contribution >= 4 is 0 Å². The van der Waals surface area contributed by atoms with Gasteiger partial charge in [0.15, 0.2) is 0 Å². The number of rotatable bonds is 4. The molecule has 0 amide bonds.